The van der Waals surface area contributed by atoms with Crippen molar-refractivity contribution in [1.29, 1.82) is 0 Å². The Bertz CT molecular complexity index is 1200. The Balaban J connectivity index is 1.73. The number of benzene rings is 3. The zero-order valence-corrected chi connectivity index (χ0v) is 18.5. The van der Waals surface area contributed by atoms with Gasteiger partial charge in [0.2, 0.25) is 0 Å². The molecule has 7 nitrogen and oxygen atoms in total. The molecular weight excluding hydrogens is 440 g/mol. The van der Waals surface area contributed by atoms with Gasteiger partial charge in [-0.05, 0) is 48.9 Å². The van der Waals surface area contributed by atoms with Crippen LogP contribution >= 0.6 is 11.6 Å². The van der Waals surface area contributed by atoms with E-state index in [1.165, 1.54) is 13.2 Å². The summed E-state index contributed by atoms with van der Waals surface area (Å²) >= 11 is 6.06. The van der Waals surface area contributed by atoms with Crippen molar-refractivity contribution in [2.45, 2.75) is 11.8 Å². The molecule has 3 aromatic rings. The molecule has 0 aliphatic carbocycles. The predicted molar refractivity (Wildman–Crippen MR) is 121 cm³/mol. The van der Waals surface area contributed by atoms with E-state index in [2.05, 4.69) is 10.0 Å². The molecule has 0 saturated carbocycles. The first-order valence-corrected chi connectivity index (χ1v) is 11.1. The lowest BCUT2D eigenvalue weighted by Gasteiger charge is -2.14. The van der Waals surface area contributed by atoms with Crippen molar-refractivity contribution in [3.63, 3.8) is 0 Å². The van der Waals surface area contributed by atoms with Crippen molar-refractivity contribution in [2.24, 2.45) is 0 Å². The van der Waals surface area contributed by atoms with Crippen molar-refractivity contribution in [3.8, 4) is 11.5 Å². The molecule has 3 rings (SSSR count). The first-order valence-electron chi connectivity index (χ1n) is 9.24. The summed E-state index contributed by atoms with van der Waals surface area (Å²) in [5, 5.41) is 2.92. The van der Waals surface area contributed by atoms with Crippen molar-refractivity contribution < 1.29 is 22.7 Å². The van der Waals surface area contributed by atoms with Gasteiger partial charge in [0, 0.05) is 5.69 Å². The number of carbonyl (C=O) groups excluding carboxylic acids is 1. The van der Waals surface area contributed by atoms with Crippen LogP contribution in [0, 0.1) is 6.92 Å². The van der Waals surface area contributed by atoms with E-state index in [0.29, 0.717) is 22.7 Å². The molecular formula is C22H21ClN2O5S. The highest BCUT2D eigenvalue weighted by Gasteiger charge is 2.19. The van der Waals surface area contributed by atoms with Gasteiger partial charge in [0.1, 0.15) is 0 Å². The fourth-order valence-corrected chi connectivity index (χ4v) is 4.38. The van der Waals surface area contributed by atoms with Gasteiger partial charge in [-0.2, -0.15) is 0 Å². The van der Waals surface area contributed by atoms with Gasteiger partial charge in [-0.15, -0.1) is 0 Å². The van der Waals surface area contributed by atoms with Gasteiger partial charge < -0.3 is 14.8 Å². The standard InChI is InChI=1S/C22H21ClN2O5S/c1-15-11-12-16(24-22(26)14-30-20-10-6-5-9-19(20)29-2)13-21(15)31(27,28)25-18-8-4-3-7-17(18)23/h3-13,25H,14H2,1-2H3,(H,24,26). The molecule has 0 radical (unpaired) electrons. The number of sulfonamides is 1. The predicted octanol–water partition coefficient (Wildman–Crippen LogP) is 4.48. The Hall–Kier alpha value is -3.23. The molecule has 3 aromatic carbocycles. The summed E-state index contributed by atoms with van der Waals surface area (Å²) in [6.45, 7) is 1.39. The van der Waals surface area contributed by atoms with Crippen LogP contribution in [0.25, 0.3) is 0 Å². The van der Waals surface area contributed by atoms with Crippen LogP contribution < -0.4 is 19.5 Å². The quantitative estimate of drug-likeness (QED) is 0.517. The Morgan fingerprint density at radius 2 is 1.68 bits per heavy atom. The average Bonchev–Trinajstić information content (AvgIpc) is 2.75. The van der Waals surface area contributed by atoms with Crippen LogP contribution in [0.15, 0.2) is 71.6 Å². The van der Waals surface area contributed by atoms with E-state index in [4.69, 9.17) is 21.1 Å². The number of aryl methyl sites for hydroxylation is 1. The summed E-state index contributed by atoms with van der Waals surface area (Å²) in [5.41, 5.74) is 1.10. The number of anilines is 2. The first-order chi connectivity index (χ1) is 14.8. The lowest BCUT2D eigenvalue weighted by Crippen LogP contribution is -2.21. The number of hydrogen-bond donors (Lipinski definition) is 2. The molecule has 0 bridgehead atoms. The van der Waals surface area contributed by atoms with E-state index >= 15 is 0 Å². The number of halogens is 1. The van der Waals surface area contributed by atoms with Crippen LogP contribution in [0.5, 0.6) is 11.5 Å². The van der Waals surface area contributed by atoms with Crippen LogP contribution in [0.4, 0.5) is 11.4 Å². The monoisotopic (exact) mass is 460 g/mol. The van der Waals surface area contributed by atoms with Crippen LogP contribution in [0.3, 0.4) is 0 Å². The molecule has 1 amide bonds. The Morgan fingerprint density at radius 1 is 1.00 bits per heavy atom. The molecule has 0 spiro atoms. The van der Waals surface area contributed by atoms with Crippen molar-refractivity contribution in [3.05, 3.63) is 77.3 Å². The second-order valence-electron chi connectivity index (χ2n) is 6.55. The van der Waals surface area contributed by atoms with Crippen molar-refractivity contribution >= 4 is 38.9 Å². The number of para-hydroxylation sites is 3. The topological polar surface area (TPSA) is 93.7 Å². The van der Waals surface area contributed by atoms with E-state index in [0.717, 1.165) is 0 Å². The van der Waals surface area contributed by atoms with Crippen LogP contribution in [-0.2, 0) is 14.8 Å². The molecule has 2 N–H and O–H groups in total. The SMILES string of the molecule is COc1ccccc1OCC(=O)Nc1ccc(C)c(S(=O)(=O)Nc2ccccc2Cl)c1. The molecule has 0 unspecified atom stereocenters. The number of carbonyl (C=O) groups is 1. The minimum absolute atomic E-state index is 0.0240. The Morgan fingerprint density at radius 3 is 2.39 bits per heavy atom. The normalized spacial score (nSPS) is 10.9. The smallest absolute Gasteiger partial charge is 0.262 e. The summed E-state index contributed by atoms with van der Waals surface area (Å²) in [4.78, 5) is 12.3. The van der Waals surface area contributed by atoms with E-state index < -0.39 is 15.9 Å². The van der Waals surface area contributed by atoms with E-state index in [1.807, 2.05) is 0 Å². The van der Waals surface area contributed by atoms with Gasteiger partial charge >= 0.3 is 0 Å². The number of rotatable bonds is 8. The third-order valence-electron chi connectivity index (χ3n) is 4.31. The first kappa shape index (κ1) is 22.5. The maximum Gasteiger partial charge on any atom is 0.262 e. The molecule has 0 atom stereocenters. The van der Waals surface area contributed by atoms with Crippen molar-refractivity contribution in [2.75, 3.05) is 23.8 Å². The molecule has 162 valence electrons. The molecule has 0 aromatic heterocycles. The molecule has 0 saturated heterocycles. The third-order valence-corrected chi connectivity index (χ3v) is 6.14. The van der Waals surface area contributed by atoms with Crippen LogP contribution in [-0.4, -0.2) is 28.0 Å². The second-order valence-corrected chi connectivity index (χ2v) is 8.61. The van der Waals surface area contributed by atoms with Gasteiger partial charge in [0.15, 0.2) is 18.1 Å². The van der Waals surface area contributed by atoms with Gasteiger partial charge in [0.25, 0.3) is 15.9 Å². The largest absolute Gasteiger partial charge is 0.493 e. The Labute approximate surface area is 186 Å². The summed E-state index contributed by atoms with van der Waals surface area (Å²) in [6.07, 6.45) is 0. The van der Waals surface area contributed by atoms with Gasteiger partial charge in [-0.1, -0.05) is 41.9 Å². The van der Waals surface area contributed by atoms with Crippen molar-refractivity contribution in [1.82, 2.24) is 0 Å². The number of ether oxygens (including phenoxy) is 2. The fourth-order valence-electron chi connectivity index (χ4n) is 2.79. The minimum Gasteiger partial charge on any atom is -0.493 e. The highest BCUT2D eigenvalue weighted by molar-refractivity contribution is 7.92. The molecule has 9 heteroatoms. The lowest BCUT2D eigenvalue weighted by molar-refractivity contribution is -0.118. The second kappa shape index (κ2) is 9.72. The van der Waals surface area contributed by atoms with Gasteiger partial charge in [-0.25, -0.2) is 8.42 Å². The summed E-state index contributed by atoms with van der Waals surface area (Å²) in [6, 6.07) is 18.1. The zero-order chi connectivity index (χ0) is 22.4. The molecule has 0 aliphatic rings. The number of nitrogens with one attached hydrogen (secondary N) is 2. The molecule has 0 fully saturated rings. The summed E-state index contributed by atoms with van der Waals surface area (Å²) < 4.78 is 38.9. The van der Waals surface area contributed by atoms with Crippen LogP contribution in [0.2, 0.25) is 5.02 Å². The molecule has 31 heavy (non-hydrogen) atoms. The fraction of sp³-hybridized carbons (Fsp3) is 0.136. The number of methoxy groups -OCH3 is 1. The van der Waals surface area contributed by atoms with E-state index in [1.54, 1.807) is 67.6 Å². The van der Waals surface area contributed by atoms with E-state index in [-0.39, 0.29) is 22.2 Å². The zero-order valence-electron chi connectivity index (χ0n) is 16.9. The average molecular weight is 461 g/mol. The third kappa shape index (κ3) is 5.68. The van der Waals surface area contributed by atoms with Gasteiger partial charge in [-0.3, -0.25) is 9.52 Å². The highest BCUT2D eigenvalue weighted by Crippen LogP contribution is 2.27. The number of amides is 1. The summed E-state index contributed by atoms with van der Waals surface area (Å²) in [5.74, 6) is 0.484. The molecule has 0 aliphatic heterocycles. The minimum atomic E-state index is -3.92. The maximum absolute atomic E-state index is 12.9. The van der Waals surface area contributed by atoms with Gasteiger partial charge in [0.05, 0.1) is 22.7 Å². The summed E-state index contributed by atoms with van der Waals surface area (Å²) in [7, 11) is -2.42. The Kier molecular flexibility index (Phi) is 7.04. The highest BCUT2D eigenvalue weighted by atomic mass is 35.5. The van der Waals surface area contributed by atoms with E-state index in [9.17, 15) is 13.2 Å². The van der Waals surface area contributed by atoms with Crippen LogP contribution in [0.1, 0.15) is 5.56 Å². The lowest BCUT2D eigenvalue weighted by atomic mass is 10.2. The number of hydrogen-bond acceptors (Lipinski definition) is 5. The molecule has 0 heterocycles. The maximum atomic E-state index is 12.9.